The van der Waals surface area contributed by atoms with Gasteiger partial charge in [0.1, 0.15) is 6.29 Å². The van der Waals surface area contributed by atoms with Crippen LogP contribution in [0, 0.1) is 0 Å². The lowest BCUT2D eigenvalue weighted by molar-refractivity contribution is 0.0429. The lowest BCUT2D eigenvalue weighted by Crippen LogP contribution is -2.05. The lowest BCUT2D eigenvalue weighted by Gasteiger charge is -2.01. The van der Waals surface area contributed by atoms with Gasteiger partial charge in [0.2, 0.25) is 5.82 Å². The minimum absolute atomic E-state index is 0.117. The molecule has 3 aromatic rings. The smallest absolute Gasteiger partial charge is 0.338 e. The molecule has 0 radical (unpaired) electrons. The lowest BCUT2D eigenvalue weighted by atomic mass is 10.1. The van der Waals surface area contributed by atoms with Gasteiger partial charge in [0.05, 0.1) is 5.56 Å². The number of aldehydes is 1. The van der Waals surface area contributed by atoms with Gasteiger partial charge in [-0.2, -0.15) is 4.98 Å². The van der Waals surface area contributed by atoms with Crippen molar-refractivity contribution in [3.05, 3.63) is 71.6 Å². The first-order valence-corrected chi connectivity index (χ1v) is 6.86. The summed E-state index contributed by atoms with van der Waals surface area (Å²) in [6.07, 6.45) is 0.707. The fourth-order valence-corrected chi connectivity index (χ4v) is 1.93. The summed E-state index contributed by atoms with van der Waals surface area (Å²) in [5.74, 6) is 0.121. The van der Waals surface area contributed by atoms with Crippen LogP contribution in [0.15, 0.2) is 59.1 Å². The molecule has 0 aliphatic heterocycles. The summed E-state index contributed by atoms with van der Waals surface area (Å²) >= 11 is 0. The van der Waals surface area contributed by atoms with E-state index < -0.39 is 5.97 Å². The number of esters is 1. The van der Waals surface area contributed by atoms with Crippen molar-refractivity contribution in [1.29, 1.82) is 0 Å². The predicted molar refractivity (Wildman–Crippen MR) is 80.7 cm³/mol. The van der Waals surface area contributed by atoms with E-state index in [2.05, 4.69) is 10.1 Å². The second-order valence-corrected chi connectivity index (χ2v) is 4.69. The Morgan fingerprint density at radius 3 is 2.52 bits per heavy atom. The Kier molecular flexibility index (Phi) is 4.24. The highest BCUT2D eigenvalue weighted by molar-refractivity contribution is 5.90. The molecule has 0 saturated heterocycles. The normalized spacial score (nSPS) is 10.3. The molecule has 0 fully saturated rings. The Morgan fingerprint density at radius 1 is 1.09 bits per heavy atom. The van der Waals surface area contributed by atoms with Crippen molar-refractivity contribution in [2.75, 3.05) is 0 Å². The highest BCUT2D eigenvalue weighted by Gasteiger charge is 2.12. The van der Waals surface area contributed by atoms with Gasteiger partial charge in [-0.1, -0.05) is 47.6 Å². The summed E-state index contributed by atoms with van der Waals surface area (Å²) in [6, 6.07) is 15.5. The largest absolute Gasteiger partial charge is 0.452 e. The molecule has 23 heavy (non-hydrogen) atoms. The maximum absolute atomic E-state index is 11.9. The second kappa shape index (κ2) is 6.65. The van der Waals surface area contributed by atoms with Crippen molar-refractivity contribution >= 4 is 12.3 Å². The van der Waals surface area contributed by atoms with Crippen LogP contribution in [0.5, 0.6) is 0 Å². The van der Waals surface area contributed by atoms with Crippen LogP contribution in [0.3, 0.4) is 0 Å². The number of carbonyl (C=O) groups excluding carboxylic acids is 2. The number of carbonyl (C=O) groups is 2. The van der Waals surface area contributed by atoms with Gasteiger partial charge in [-0.3, -0.25) is 4.79 Å². The Hall–Kier alpha value is -3.28. The molecule has 0 amide bonds. The molecule has 1 aromatic heterocycles. The molecule has 0 atom stereocenters. The molecule has 0 unspecified atom stereocenters. The van der Waals surface area contributed by atoms with E-state index >= 15 is 0 Å². The van der Waals surface area contributed by atoms with Crippen LogP contribution in [-0.2, 0) is 11.3 Å². The molecule has 0 saturated carbocycles. The zero-order valence-corrected chi connectivity index (χ0v) is 12.0. The summed E-state index contributed by atoms with van der Waals surface area (Å²) in [7, 11) is 0. The van der Waals surface area contributed by atoms with E-state index in [4.69, 9.17) is 9.26 Å². The van der Waals surface area contributed by atoms with Gasteiger partial charge in [-0.05, 0) is 12.1 Å². The quantitative estimate of drug-likeness (QED) is 0.532. The molecule has 3 rings (SSSR count). The number of ether oxygens (including phenoxy) is 1. The van der Waals surface area contributed by atoms with Gasteiger partial charge in [-0.15, -0.1) is 0 Å². The van der Waals surface area contributed by atoms with Gasteiger partial charge in [0.25, 0.3) is 5.89 Å². The first kappa shape index (κ1) is 14.6. The number of nitrogens with zero attached hydrogens (tertiary/aromatic N) is 2. The minimum Gasteiger partial charge on any atom is -0.452 e. The van der Waals surface area contributed by atoms with E-state index in [1.54, 1.807) is 12.1 Å². The van der Waals surface area contributed by atoms with Gasteiger partial charge >= 0.3 is 5.97 Å². The average Bonchev–Trinajstić information content (AvgIpc) is 3.09. The third-order valence-corrected chi connectivity index (χ3v) is 3.11. The van der Waals surface area contributed by atoms with Crippen LogP contribution in [0.25, 0.3) is 11.4 Å². The van der Waals surface area contributed by atoms with E-state index in [-0.39, 0.29) is 12.5 Å². The van der Waals surface area contributed by atoms with E-state index in [1.807, 2.05) is 30.3 Å². The van der Waals surface area contributed by atoms with E-state index in [1.165, 1.54) is 12.1 Å². The van der Waals surface area contributed by atoms with Crippen LogP contribution < -0.4 is 0 Å². The number of hydrogen-bond donors (Lipinski definition) is 0. The number of hydrogen-bond acceptors (Lipinski definition) is 6. The summed E-state index contributed by atoms with van der Waals surface area (Å²) in [4.78, 5) is 26.6. The second-order valence-electron chi connectivity index (χ2n) is 4.69. The number of rotatable bonds is 5. The van der Waals surface area contributed by atoms with Crippen LogP contribution in [0.2, 0.25) is 0 Å². The zero-order valence-electron chi connectivity index (χ0n) is 12.0. The first-order valence-electron chi connectivity index (χ1n) is 6.86. The van der Waals surface area contributed by atoms with Crippen molar-refractivity contribution in [2.45, 2.75) is 6.61 Å². The monoisotopic (exact) mass is 308 g/mol. The summed E-state index contributed by atoms with van der Waals surface area (Å²) in [6.45, 7) is -0.117. The molecule has 6 heteroatoms. The Bertz CT molecular complexity index is 810. The van der Waals surface area contributed by atoms with Crippen LogP contribution in [0.4, 0.5) is 0 Å². The van der Waals surface area contributed by atoms with E-state index in [0.29, 0.717) is 23.2 Å². The topological polar surface area (TPSA) is 82.3 Å². The molecule has 2 aromatic carbocycles. The third kappa shape index (κ3) is 3.49. The minimum atomic E-state index is -0.526. The predicted octanol–water partition coefficient (Wildman–Crippen LogP) is 2.91. The summed E-state index contributed by atoms with van der Waals surface area (Å²) in [5.41, 5.74) is 1.66. The molecule has 6 nitrogen and oxygen atoms in total. The molecular weight excluding hydrogens is 296 g/mol. The average molecular weight is 308 g/mol. The molecule has 114 valence electrons. The first-order chi connectivity index (χ1) is 11.3. The Morgan fingerprint density at radius 2 is 1.83 bits per heavy atom. The molecule has 0 N–H and O–H groups in total. The van der Waals surface area contributed by atoms with E-state index in [0.717, 1.165) is 5.56 Å². The van der Waals surface area contributed by atoms with Crippen LogP contribution in [0.1, 0.15) is 26.6 Å². The van der Waals surface area contributed by atoms with Crippen molar-refractivity contribution in [1.82, 2.24) is 10.1 Å². The summed E-state index contributed by atoms with van der Waals surface area (Å²) < 4.78 is 10.2. The number of aromatic nitrogens is 2. The molecule has 1 heterocycles. The van der Waals surface area contributed by atoms with Gasteiger partial charge in [-0.25, -0.2) is 4.79 Å². The molecular formula is C17H12N2O4. The van der Waals surface area contributed by atoms with Crippen molar-refractivity contribution in [2.24, 2.45) is 0 Å². The highest BCUT2D eigenvalue weighted by Crippen LogP contribution is 2.15. The van der Waals surface area contributed by atoms with Crippen LogP contribution >= 0.6 is 0 Å². The molecule has 0 spiro atoms. The Balaban J connectivity index is 1.63. The fourth-order valence-electron chi connectivity index (χ4n) is 1.93. The molecule has 0 aliphatic rings. The van der Waals surface area contributed by atoms with Crippen molar-refractivity contribution in [3.63, 3.8) is 0 Å². The Labute approximate surface area is 131 Å². The van der Waals surface area contributed by atoms with Crippen LogP contribution in [-0.4, -0.2) is 22.4 Å². The van der Waals surface area contributed by atoms with Gasteiger partial charge < -0.3 is 9.26 Å². The maximum Gasteiger partial charge on any atom is 0.338 e. The third-order valence-electron chi connectivity index (χ3n) is 3.11. The summed E-state index contributed by atoms with van der Waals surface area (Å²) in [5, 5.41) is 3.84. The van der Waals surface area contributed by atoms with Gasteiger partial charge in [0.15, 0.2) is 6.61 Å². The number of benzene rings is 2. The van der Waals surface area contributed by atoms with Gasteiger partial charge in [0, 0.05) is 11.1 Å². The molecule has 0 aliphatic carbocycles. The fraction of sp³-hybridized carbons (Fsp3) is 0.0588. The van der Waals surface area contributed by atoms with Crippen molar-refractivity contribution in [3.8, 4) is 11.4 Å². The maximum atomic E-state index is 11.9. The highest BCUT2D eigenvalue weighted by atomic mass is 16.6. The zero-order chi connectivity index (χ0) is 16.1. The van der Waals surface area contributed by atoms with Crippen molar-refractivity contribution < 1.29 is 18.8 Å². The standard InChI is InChI=1S/C17H12N2O4/c20-10-12-6-8-14(9-7-12)17(21)22-11-15-18-16(19-23-15)13-4-2-1-3-5-13/h1-10H,11H2. The SMILES string of the molecule is O=Cc1ccc(C(=O)OCc2nc(-c3ccccc3)no2)cc1. The molecule has 0 bridgehead atoms. The van der Waals surface area contributed by atoms with E-state index in [9.17, 15) is 9.59 Å².